The lowest BCUT2D eigenvalue weighted by Gasteiger charge is -2.22. The number of rotatable bonds is 6. The van der Waals surface area contributed by atoms with E-state index in [-0.39, 0.29) is 17.0 Å². The fourth-order valence-corrected chi connectivity index (χ4v) is 2.95. The van der Waals surface area contributed by atoms with E-state index in [4.69, 9.17) is 5.14 Å². The Hall–Kier alpha value is -1.76. The standard InChI is InChI=1S/C16H21N3O2S/c1-3-15(19-12(2)16-9-4-5-10-18-16)13-7-6-8-14(11-13)22(17,20)21/h4-12,15,19H,3H2,1-2H3,(H2,17,20,21)/t12-,15-/m0/s1. The van der Waals surface area contributed by atoms with Gasteiger partial charge in [-0.2, -0.15) is 0 Å². The molecule has 2 rings (SSSR count). The Labute approximate surface area is 131 Å². The van der Waals surface area contributed by atoms with E-state index in [1.807, 2.05) is 38.1 Å². The molecule has 6 heteroatoms. The summed E-state index contributed by atoms with van der Waals surface area (Å²) in [5, 5.41) is 8.68. The van der Waals surface area contributed by atoms with Gasteiger partial charge >= 0.3 is 0 Å². The van der Waals surface area contributed by atoms with Gasteiger partial charge in [-0.3, -0.25) is 4.98 Å². The van der Waals surface area contributed by atoms with Gasteiger partial charge in [0.05, 0.1) is 10.6 Å². The third-order valence-electron chi connectivity index (χ3n) is 3.58. The normalized spacial score (nSPS) is 14.5. The highest BCUT2D eigenvalue weighted by Crippen LogP contribution is 2.23. The van der Waals surface area contributed by atoms with Crippen molar-refractivity contribution in [1.29, 1.82) is 0 Å². The molecule has 0 aliphatic rings. The molecule has 3 N–H and O–H groups in total. The minimum Gasteiger partial charge on any atom is -0.302 e. The van der Waals surface area contributed by atoms with Gasteiger partial charge in [0.2, 0.25) is 10.0 Å². The first-order valence-corrected chi connectivity index (χ1v) is 8.76. The zero-order valence-corrected chi connectivity index (χ0v) is 13.5. The Kier molecular flexibility index (Phi) is 5.28. The zero-order valence-electron chi connectivity index (χ0n) is 12.7. The summed E-state index contributed by atoms with van der Waals surface area (Å²) in [7, 11) is -3.69. The van der Waals surface area contributed by atoms with Gasteiger partial charge in [-0.25, -0.2) is 13.6 Å². The van der Waals surface area contributed by atoms with Crippen LogP contribution in [0.15, 0.2) is 53.6 Å². The number of aromatic nitrogens is 1. The van der Waals surface area contributed by atoms with E-state index in [0.717, 1.165) is 17.7 Å². The van der Waals surface area contributed by atoms with Crippen molar-refractivity contribution in [3.8, 4) is 0 Å². The Morgan fingerprint density at radius 2 is 2.00 bits per heavy atom. The molecule has 0 spiro atoms. The fraction of sp³-hybridized carbons (Fsp3) is 0.312. The van der Waals surface area contributed by atoms with Crippen LogP contribution in [0.5, 0.6) is 0 Å². The molecule has 0 aliphatic carbocycles. The van der Waals surface area contributed by atoms with Gasteiger partial charge in [0.25, 0.3) is 0 Å². The number of pyridine rings is 1. The molecule has 0 amide bonds. The maximum atomic E-state index is 11.5. The lowest BCUT2D eigenvalue weighted by atomic mass is 10.0. The summed E-state index contributed by atoms with van der Waals surface area (Å²) in [5.74, 6) is 0. The Morgan fingerprint density at radius 1 is 1.23 bits per heavy atom. The molecule has 118 valence electrons. The van der Waals surface area contributed by atoms with Gasteiger partial charge in [-0.1, -0.05) is 25.1 Å². The van der Waals surface area contributed by atoms with Crippen LogP contribution in [-0.4, -0.2) is 13.4 Å². The molecule has 1 aromatic heterocycles. The molecule has 2 atom stereocenters. The van der Waals surface area contributed by atoms with Crippen molar-refractivity contribution in [3.05, 3.63) is 59.9 Å². The highest BCUT2D eigenvalue weighted by atomic mass is 32.2. The molecule has 0 saturated carbocycles. The number of nitrogens with zero attached hydrogens (tertiary/aromatic N) is 1. The first-order chi connectivity index (χ1) is 10.4. The number of sulfonamides is 1. The molecule has 0 unspecified atom stereocenters. The van der Waals surface area contributed by atoms with Gasteiger partial charge in [0, 0.05) is 18.3 Å². The maximum Gasteiger partial charge on any atom is 0.238 e. The monoisotopic (exact) mass is 319 g/mol. The molecular weight excluding hydrogens is 298 g/mol. The average molecular weight is 319 g/mol. The van der Waals surface area contributed by atoms with Crippen molar-refractivity contribution in [2.45, 2.75) is 37.2 Å². The second kappa shape index (κ2) is 7.00. The Bertz CT molecular complexity index is 717. The third-order valence-corrected chi connectivity index (χ3v) is 4.49. The van der Waals surface area contributed by atoms with Crippen molar-refractivity contribution in [1.82, 2.24) is 10.3 Å². The van der Waals surface area contributed by atoms with Crippen LogP contribution < -0.4 is 10.5 Å². The summed E-state index contributed by atoms with van der Waals surface area (Å²) in [6.07, 6.45) is 2.58. The molecule has 1 aromatic carbocycles. The molecule has 0 fully saturated rings. The van der Waals surface area contributed by atoms with E-state index >= 15 is 0 Å². The third kappa shape index (κ3) is 4.13. The topological polar surface area (TPSA) is 85.1 Å². The molecule has 0 bridgehead atoms. The SMILES string of the molecule is CC[C@H](N[C@@H](C)c1ccccn1)c1cccc(S(N)(=O)=O)c1. The molecular formula is C16H21N3O2S. The largest absolute Gasteiger partial charge is 0.302 e. The first kappa shape index (κ1) is 16.6. The van der Waals surface area contributed by atoms with E-state index in [2.05, 4.69) is 10.3 Å². The van der Waals surface area contributed by atoms with Crippen LogP contribution in [0.3, 0.4) is 0 Å². The van der Waals surface area contributed by atoms with Gasteiger partial charge in [0.15, 0.2) is 0 Å². The lowest BCUT2D eigenvalue weighted by molar-refractivity contribution is 0.449. The van der Waals surface area contributed by atoms with Gasteiger partial charge in [0.1, 0.15) is 0 Å². The lowest BCUT2D eigenvalue weighted by Crippen LogP contribution is -2.25. The second-order valence-electron chi connectivity index (χ2n) is 5.22. The van der Waals surface area contributed by atoms with Crippen molar-refractivity contribution >= 4 is 10.0 Å². The van der Waals surface area contributed by atoms with Crippen LogP contribution in [0, 0.1) is 0 Å². The second-order valence-corrected chi connectivity index (χ2v) is 6.78. The van der Waals surface area contributed by atoms with E-state index in [1.54, 1.807) is 18.3 Å². The molecule has 1 heterocycles. The van der Waals surface area contributed by atoms with Crippen molar-refractivity contribution < 1.29 is 8.42 Å². The number of hydrogen-bond donors (Lipinski definition) is 2. The molecule has 0 aliphatic heterocycles. The molecule has 5 nitrogen and oxygen atoms in total. The van der Waals surface area contributed by atoms with Crippen molar-refractivity contribution in [2.24, 2.45) is 5.14 Å². The summed E-state index contributed by atoms with van der Waals surface area (Å²) >= 11 is 0. The summed E-state index contributed by atoms with van der Waals surface area (Å²) < 4.78 is 23.0. The van der Waals surface area contributed by atoms with Gasteiger partial charge in [-0.05, 0) is 43.2 Å². The smallest absolute Gasteiger partial charge is 0.238 e. The summed E-state index contributed by atoms with van der Waals surface area (Å²) in [5.41, 5.74) is 1.85. The predicted molar refractivity (Wildman–Crippen MR) is 86.6 cm³/mol. The molecule has 2 aromatic rings. The molecule has 0 radical (unpaired) electrons. The van der Waals surface area contributed by atoms with Crippen LogP contribution >= 0.6 is 0 Å². The van der Waals surface area contributed by atoms with Crippen LogP contribution in [0.2, 0.25) is 0 Å². The summed E-state index contributed by atoms with van der Waals surface area (Å²) in [6, 6.07) is 12.6. The van der Waals surface area contributed by atoms with E-state index in [0.29, 0.717) is 0 Å². The number of nitrogens with one attached hydrogen (secondary N) is 1. The minimum atomic E-state index is -3.69. The van der Waals surface area contributed by atoms with Crippen molar-refractivity contribution in [2.75, 3.05) is 0 Å². The van der Waals surface area contributed by atoms with Crippen LogP contribution in [-0.2, 0) is 10.0 Å². The van der Waals surface area contributed by atoms with Crippen LogP contribution in [0.25, 0.3) is 0 Å². The number of benzene rings is 1. The van der Waals surface area contributed by atoms with Crippen LogP contribution in [0.1, 0.15) is 43.6 Å². The quantitative estimate of drug-likeness (QED) is 0.857. The number of primary sulfonamides is 1. The van der Waals surface area contributed by atoms with Gasteiger partial charge < -0.3 is 5.32 Å². The predicted octanol–water partition coefficient (Wildman–Crippen LogP) is 2.53. The number of nitrogens with two attached hydrogens (primary N) is 1. The van der Waals surface area contributed by atoms with Gasteiger partial charge in [-0.15, -0.1) is 0 Å². The fourth-order valence-electron chi connectivity index (χ4n) is 2.38. The average Bonchev–Trinajstić information content (AvgIpc) is 2.52. The Balaban J connectivity index is 2.22. The summed E-state index contributed by atoms with van der Waals surface area (Å²) in [4.78, 5) is 4.47. The number of hydrogen-bond acceptors (Lipinski definition) is 4. The highest BCUT2D eigenvalue weighted by Gasteiger charge is 2.16. The van der Waals surface area contributed by atoms with E-state index in [9.17, 15) is 8.42 Å². The van der Waals surface area contributed by atoms with E-state index < -0.39 is 10.0 Å². The zero-order chi connectivity index (χ0) is 16.2. The minimum absolute atomic E-state index is 0.0266. The molecule has 22 heavy (non-hydrogen) atoms. The molecule has 0 saturated heterocycles. The van der Waals surface area contributed by atoms with E-state index in [1.165, 1.54) is 6.07 Å². The summed E-state index contributed by atoms with van der Waals surface area (Å²) in [6.45, 7) is 4.08. The van der Waals surface area contributed by atoms with Crippen LogP contribution in [0.4, 0.5) is 0 Å². The maximum absolute atomic E-state index is 11.5. The Morgan fingerprint density at radius 3 is 2.59 bits per heavy atom. The highest BCUT2D eigenvalue weighted by molar-refractivity contribution is 7.89. The first-order valence-electron chi connectivity index (χ1n) is 7.21. The van der Waals surface area contributed by atoms with Crippen molar-refractivity contribution in [3.63, 3.8) is 0 Å².